The summed E-state index contributed by atoms with van der Waals surface area (Å²) in [6.45, 7) is 4.99. The Morgan fingerprint density at radius 2 is 1.96 bits per heavy atom. The van der Waals surface area contributed by atoms with Gasteiger partial charge in [-0.2, -0.15) is 4.31 Å². The van der Waals surface area contributed by atoms with E-state index >= 15 is 0 Å². The zero-order valence-corrected chi connectivity index (χ0v) is 14.5. The summed E-state index contributed by atoms with van der Waals surface area (Å²) in [6.07, 6.45) is 1.84. The van der Waals surface area contributed by atoms with Crippen molar-refractivity contribution in [3.63, 3.8) is 0 Å². The number of rotatable bonds is 5. The number of hydrogen-bond donors (Lipinski definition) is 1. The highest BCUT2D eigenvalue weighted by Gasteiger charge is 2.32. The maximum Gasteiger partial charge on any atom is 0.270 e. The van der Waals surface area contributed by atoms with Crippen molar-refractivity contribution in [3.05, 3.63) is 33.4 Å². The van der Waals surface area contributed by atoms with Crippen LogP contribution in [0.15, 0.2) is 17.0 Å². The molecule has 0 spiro atoms. The molecule has 0 aliphatic carbocycles. The molecule has 8 heteroatoms. The summed E-state index contributed by atoms with van der Waals surface area (Å²) in [7, 11) is -1.77. The topological polar surface area (TPSA) is 92.6 Å². The molecule has 128 valence electrons. The fraction of sp³-hybridized carbons (Fsp3) is 0.600. The Balaban J connectivity index is 2.38. The predicted octanol–water partition coefficient (Wildman–Crippen LogP) is 1.83. The van der Waals surface area contributed by atoms with Crippen LogP contribution in [0.3, 0.4) is 0 Å². The van der Waals surface area contributed by atoms with Gasteiger partial charge in [-0.3, -0.25) is 10.1 Å². The van der Waals surface area contributed by atoms with E-state index in [-0.39, 0.29) is 10.6 Å². The van der Waals surface area contributed by atoms with Gasteiger partial charge in [-0.1, -0.05) is 0 Å². The van der Waals surface area contributed by atoms with Crippen LogP contribution in [0.1, 0.15) is 24.0 Å². The van der Waals surface area contributed by atoms with Crippen molar-refractivity contribution in [1.29, 1.82) is 0 Å². The molecule has 2 rings (SSSR count). The van der Waals surface area contributed by atoms with Gasteiger partial charge in [-0.05, 0) is 57.3 Å². The van der Waals surface area contributed by atoms with Crippen LogP contribution >= 0.6 is 0 Å². The lowest BCUT2D eigenvalue weighted by Crippen LogP contribution is -2.42. The van der Waals surface area contributed by atoms with Crippen LogP contribution in [0.2, 0.25) is 0 Å². The lowest BCUT2D eigenvalue weighted by Gasteiger charge is -2.32. The number of piperidine rings is 1. The van der Waals surface area contributed by atoms with Crippen molar-refractivity contribution in [2.75, 3.05) is 26.7 Å². The van der Waals surface area contributed by atoms with Gasteiger partial charge in [0.15, 0.2) is 0 Å². The summed E-state index contributed by atoms with van der Waals surface area (Å²) < 4.78 is 27.5. The van der Waals surface area contributed by atoms with Crippen LogP contribution < -0.4 is 5.32 Å². The predicted molar refractivity (Wildman–Crippen MR) is 88.0 cm³/mol. The van der Waals surface area contributed by atoms with Crippen LogP contribution in [0.25, 0.3) is 0 Å². The first-order chi connectivity index (χ1) is 10.8. The van der Waals surface area contributed by atoms with E-state index in [1.54, 1.807) is 13.8 Å². The Kier molecular flexibility index (Phi) is 5.38. The Morgan fingerprint density at radius 1 is 1.35 bits per heavy atom. The van der Waals surface area contributed by atoms with Gasteiger partial charge in [-0.15, -0.1) is 0 Å². The first-order valence-electron chi connectivity index (χ1n) is 7.67. The lowest BCUT2D eigenvalue weighted by atomic mass is 10.00. The van der Waals surface area contributed by atoms with Crippen LogP contribution in [-0.2, 0) is 10.0 Å². The average Bonchev–Trinajstić information content (AvgIpc) is 2.46. The van der Waals surface area contributed by atoms with Crippen molar-refractivity contribution in [3.8, 4) is 0 Å². The van der Waals surface area contributed by atoms with Crippen LogP contribution in [0.5, 0.6) is 0 Å². The van der Waals surface area contributed by atoms with Crippen molar-refractivity contribution in [2.24, 2.45) is 5.92 Å². The molecule has 1 atom stereocenters. The van der Waals surface area contributed by atoms with E-state index in [9.17, 15) is 18.5 Å². The summed E-state index contributed by atoms with van der Waals surface area (Å²) in [5.41, 5.74) is 0.769. The molecule has 7 nitrogen and oxygen atoms in total. The summed E-state index contributed by atoms with van der Waals surface area (Å²) in [6, 6.07) is 2.66. The molecule has 1 aliphatic heterocycles. The maximum absolute atomic E-state index is 13.0. The molecule has 1 fully saturated rings. The normalized spacial score (nSPS) is 19.7. The number of aryl methyl sites for hydroxylation is 2. The molecule has 1 aliphatic rings. The first kappa shape index (κ1) is 17.8. The molecule has 0 aromatic heterocycles. The Bertz CT molecular complexity index is 678. The maximum atomic E-state index is 13.0. The first-order valence-corrected chi connectivity index (χ1v) is 9.11. The number of sulfonamides is 1. The summed E-state index contributed by atoms with van der Waals surface area (Å²) in [5.74, 6) is 0.294. The standard InChI is InChI=1S/C15H23N3O4S/c1-11-7-14(18(19)20)8-12(2)15(11)23(21,22)17-6-4-5-13(10-17)9-16-3/h7-8,13,16H,4-6,9-10H2,1-3H3. The molecule has 1 aromatic carbocycles. The second-order valence-corrected chi connectivity index (χ2v) is 7.97. The third-order valence-electron chi connectivity index (χ3n) is 4.23. The van der Waals surface area contributed by atoms with Crippen molar-refractivity contribution in [2.45, 2.75) is 31.6 Å². The number of nitrogens with one attached hydrogen (secondary N) is 1. The van der Waals surface area contributed by atoms with Crippen LogP contribution in [0.4, 0.5) is 5.69 Å². The van der Waals surface area contributed by atoms with E-state index in [4.69, 9.17) is 0 Å². The number of nitrogens with zero attached hydrogens (tertiary/aromatic N) is 2. The van der Waals surface area contributed by atoms with Gasteiger partial charge in [0.1, 0.15) is 0 Å². The van der Waals surface area contributed by atoms with E-state index < -0.39 is 14.9 Å². The van der Waals surface area contributed by atoms with Gasteiger partial charge in [-0.25, -0.2) is 8.42 Å². The number of nitro groups is 1. The molecule has 0 amide bonds. The Morgan fingerprint density at radius 3 is 2.48 bits per heavy atom. The molecule has 0 saturated carbocycles. The van der Waals surface area contributed by atoms with E-state index in [1.165, 1.54) is 16.4 Å². The zero-order valence-electron chi connectivity index (χ0n) is 13.7. The van der Waals surface area contributed by atoms with Gasteiger partial charge in [0.05, 0.1) is 9.82 Å². The highest BCUT2D eigenvalue weighted by atomic mass is 32.2. The van der Waals surface area contributed by atoms with Gasteiger partial charge >= 0.3 is 0 Å². The highest BCUT2D eigenvalue weighted by Crippen LogP contribution is 2.30. The zero-order chi connectivity index (χ0) is 17.2. The van der Waals surface area contributed by atoms with Crippen molar-refractivity contribution < 1.29 is 13.3 Å². The highest BCUT2D eigenvalue weighted by molar-refractivity contribution is 7.89. The van der Waals surface area contributed by atoms with Gasteiger partial charge < -0.3 is 5.32 Å². The molecule has 0 radical (unpaired) electrons. The minimum atomic E-state index is -3.63. The van der Waals surface area contributed by atoms with E-state index in [0.29, 0.717) is 30.1 Å². The molecular formula is C15H23N3O4S. The largest absolute Gasteiger partial charge is 0.319 e. The second kappa shape index (κ2) is 6.94. The number of benzene rings is 1. The quantitative estimate of drug-likeness (QED) is 0.651. The Labute approximate surface area is 136 Å². The molecule has 1 N–H and O–H groups in total. The molecule has 23 heavy (non-hydrogen) atoms. The van der Waals surface area contributed by atoms with Crippen LogP contribution in [0, 0.1) is 29.9 Å². The molecule has 1 aromatic rings. The second-order valence-electron chi connectivity index (χ2n) is 6.09. The smallest absolute Gasteiger partial charge is 0.270 e. The fourth-order valence-corrected chi connectivity index (χ4v) is 5.24. The lowest BCUT2D eigenvalue weighted by molar-refractivity contribution is -0.385. The van der Waals surface area contributed by atoms with Crippen molar-refractivity contribution in [1.82, 2.24) is 9.62 Å². The van der Waals surface area contributed by atoms with Crippen LogP contribution in [-0.4, -0.2) is 44.3 Å². The summed E-state index contributed by atoms with van der Waals surface area (Å²) in [4.78, 5) is 10.6. The minimum absolute atomic E-state index is 0.0781. The van der Waals surface area contributed by atoms with E-state index in [0.717, 1.165) is 19.4 Å². The van der Waals surface area contributed by atoms with Crippen molar-refractivity contribution >= 4 is 15.7 Å². The molecule has 0 bridgehead atoms. The van der Waals surface area contributed by atoms with Gasteiger partial charge in [0, 0.05) is 25.2 Å². The number of non-ortho nitro benzene ring substituents is 1. The monoisotopic (exact) mass is 341 g/mol. The molecule has 1 unspecified atom stereocenters. The molecule has 1 heterocycles. The SMILES string of the molecule is CNCC1CCCN(S(=O)(=O)c2c(C)cc([N+](=O)[O-])cc2C)C1. The fourth-order valence-electron chi connectivity index (χ4n) is 3.27. The summed E-state index contributed by atoms with van der Waals surface area (Å²) >= 11 is 0. The van der Waals surface area contributed by atoms with Gasteiger partial charge in [0.25, 0.3) is 5.69 Å². The molecular weight excluding hydrogens is 318 g/mol. The Hall–Kier alpha value is -1.51. The molecule has 1 saturated heterocycles. The van der Waals surface area contributed by atoms with Gasteiger partial charge in [0.2, 0.25) is 10.0 Å². The number of hydrogen-bond acceptors (Lipinski definition) is 5. The summed E-state index contributed by atoms with van der Waals surface area (Å²) in [5, 5.41) is 14.0. The number of nitro benzene ring substituents is 1. The third-order valence-corrected chi connectivity index (χ3v) is 6.40. The van der Waals surface area contributed by atoms with E-state index in [1.807, 2.05) is 7.05 Å². The average molecular weight is 341 g/mol. The van der Waals surface area contributed by atoms with E-state index in [2.05, 4.69) is 5.32 Å². The minimum Gasteiger partial charge on any atom is -0.319 e. The third kappa shape index (κ3) is 3.70.